The van der Waals surface area contributed by atoms with Gasteiger partial charge >= 0.3 is 0 Å². The molecule has 4 atom stereocenters. The molecular formula is C22H17N7O2. The molecule has 0 amide bonds. The fraction of sp³-hybridized carbons (Fsp3) is 0.364. The topological polar surface area (TPSA) is 164 Å². The summed E-state index contributed by atoms with van der Waals surface area (Å²) >= 11 is 0. The lowest BCUT2D eigenvalue weighted by atomic mass is 9.44. The maximum atomic E-state index is 12.3. The summed E-state index contributed by atoms with van der Waals surface area (Å²) < 4.78 is 0. The molecule has 152 valence electrons. The van der Waals surface area contributed by atoms with Gasteiger partial charge in [0.05, 0.1) is 42.0 Å². The molecule has 0 unspecified atom stereocenters. The zero-order valence-electron chi connectivity index (χ0n) is 16.6. The lowest BCUT2D eigenvalue weighted by molar-refractivity contribution is -0.546. The second-order valence-electron chi connectivity index (χ2n) is 7.46. The Morgan fingerprint density at radius 1 is 0.968 bits per heavy atom. The van der Waals surface area contributed by atoms with Gasteiger partial charge in [0.2, 0.25) is 6.04 Å². The Hall–Kier alpha value is -4.34. The summed E-state index contributed by atoms with van der Waals surface area (Å²) in [6.45, 7) is 1.66. The maximum Gasteiger partial charge on any atom is 0.227 e. The summed E-state index contributed by atoms with van der Waals surface area (Å²) in [4.78, 5) is 19.8. The van der Waals surface area contributed by atoms with Gasteiger partial charge in [-0.2, -0.15) is 21.0 Å². The van der Waals surface area contributed by atoms with Crippen molar-refractivity contribution in [3.8, 4) is 24.3 Å². The standard InChI is InChI=1S/C22H17N7O2/c1-2-17-19(29(30)31)18(15-5-3-7-27-9-15)22(13-25,14-26)20(21(17,11-23)12-24)16-6-4-8-28-10-16/h3-10,17-20H,2H2,1H3/t17-,18-,19+,20+/m1/s1. The summed E-state index contributed by atoms with van der Waals surface area (Å²) in [5, 5.41) is 53.4. The molecule has 2 heterocycles. The molecule has 2 aromatic rings. The highest BCUT2D eigenvalue weighted by molar-refractivity contribution is 5.47. The van der Waals surface area contributed by atoms with Gasteiger partial charge in [-0.25, -0.2) is 0 Å². The highest BCUT2D eigenvalue weighted by atomic mass is 16.6. The predicted octanol–water partition coefficient (Wildman–Crippen LogP) is 3.10. The normalized spacial score (nSPS) is 25.7. The lowest BCUT2D eigenvalue weighted by Gasteiger charge is -2.51. The quantitative estimate of drug-likeness (QED) is 0.547. The van der Waals surface area contributed by atoms with Gasteiger partial charge in [-0.1, -0.05) is 19.1 Å². The molecule has 1 aliphatic rings. The molecule has 1 fully saturated rings. The minimum absolute atomic E-state index is 0.132. The summed E-state index contributed by atoms with van der Waals surface area (Å²) in [5.41, 5.74) is -3.40. The lowest BCUT2D eigenvalue weighted by Crippen LogP contribution is -2.60. The van der Waals surface area contributed by atoms with Gasteiger partial charge in [-0.05, 0) is 29.7 Å². The van der Waals surface area contributed by atoms with Crippen LogP contribution in [-0.4, -0.2) is 20.9 Å². The minimum Gasteiger partial charge on any atom is -0.264 e. The van der Waals surface area contributed by atoms with Crippen LogP contribution in [0.5, 0.6) is 0 Å². The van der Waals surface area contributed by atoms with E-state index in [0.717, 1.165) is 0 Å². The molecular weight excluding hydrogens is 394 g/mol. The summed E-state index contributed by atoms with van der Waals surface area (Å²) in [6, 6.07) is 12.8. The van der Waals surface area contributed by atoms with E-state index < -0.39 is 39.5 Å². The first-order valence-corrected chi connectivity index (χ1v) is 9.55. The summed E-state index contributed by atoms with van der Waals surface area (Å²) in [5.74, 6) is -3.50. The smallest absolute Gasteiger partial charge is 0.227 e. The van der Waals surface area contributed by atoms with Crippen LogP contribution < -0.4 is 0 Å². The molecule has 1 saturated carbocycles. The molecule has 0 bridgehead atoms. The Balaban J connectivity index is 2.50. The van der Waals surface area contributed by atoms with Gasteiger partial charge in [0.1, 0.15) is 0 Å². The van der Waals surface area contributed by atoms with Crippen molar-refractivity contribution in [1.82, 2.24) is 9.97 Å². The number of pyridine rings is 2. The van der Waals surface area contributed by atoms with Gasteiger partial charge in [0.15, 0.2) is 10.8 Å². The molecule has 0 spiro atoms. The Morgan fingerprint density at radius 3 is 1.87 bits per heavy atom. The SMILES string of the molecule is CC[C@@H]1[C@H]([N+](=O)[O-])[C@@H](c2cccnc2)C(C#N)(C#N)[C@@H](c2cccnc2)C1(C#N)C#N. The van der Waals surface area contributed by atoms with Gasteiger partial charge in [0, 0.05) is 29.7 Å². The van der Waals surface area contributed by atoms with E-state index in [2.05, 4.69) is 9.97 Å². The first-order chi connectivity index (χ1) is 15.0. The summed E-state index contributed by atoms with van der Waals surface area (Å²) in [6.07, 6.45) is 5.90. The molecule has 1 aliphatic carbocycles. The molecule has 0 radical (unpaired) electrons. The molecule has 31 heavy (non-hydrogen) atoms. The first-order valence-electron chi connectivity index (χ1n) is 9.55. The number of nitro groups is 1. The van der Waals surface area contributed by atoms with E-state index in [1.54, 1.807) is 31.2 Å². The fourth-order valence-corrected chi connectivity index (χ4v) is 5.06. The third-order valence-corrected chi connectivity index (χ3v) is 6.22. The second-order valence-corrected chi connectivity index (χ2v) is 7.46. The van der Waals surface area contributed by atoms with Crippen molar-refractivity contribution < 1.29 is 4.92 Å². The van der Waals surface area contributed by atoms with E-state index in [1.807, 2.05) is 24.3 Å². The van der Waals surface area contributed by atoms with Crippen molar-refractivity contribution in [3.05, 3.63) is 70.3 Å². The van der Waals surface area contributed by atoms with Crippen molar-refractivity contribution in [3.63, 3.8) is 0 Å². The zero-order valence-corrected chi connectivity index (χ0v) is 16.6. The first kappa shape index (κ1) is 21.4. The zero-order chi connectivity index (χ0) is 22.6. The predicted molar refractivity (Wildman–Crippen MR) is 106 cm³/mol. The second kappa shape index (κ2) is 8.19. The Kier molecular flexibility index (Phi) is 5.64. The van der Waals surface area contributed by atoms with Crippen LogP contribution in [0.4, 0.5) is 0 Å². The average Bonchev–Trinajstić information content (AvgIpc) is 2.82. The maximum absolute atomic E-state index is 12.3. The highest BCUT2D eigenvalue weighted by Gasteiger charge is 2.72. The molecule has 0 saturated heterocycles. The molecule has 2 aromatic heterocycles. The van der Waals surface area contributed by atoms with Crippen LogP contribution in [0.2, 0.25) is 0 Å². The van der Waals surface area contributed by atoms with Crippen LogP contribution in [0, 0.1) is 72.2 Å². The largest absolute Gasteiger partial charge is 0.264 e. The van der Waals surface area contributed by atoms with Crippen molar-refractivity contribution in [2.75, 3.05) is 0 Å². The van der Waals surface area contributed by atoms with E-state index in [4.69, 9.17) is 0 Å². The molecule has 3 rings (SSSR count). The van der Waals surface area contributed by atoms with Gasteiger partial charge in [-0.15, -0.1) is 0 Å². The van der Waals surface area contributed by atoms with Crippen molar-refractivity contribution >= 4 is 0 Å². The minimum atomic E-state index is -2.08. The number of nitriles is 4. The van der Waals surface area contributed by atoms with E-state index in [1.165, 1.54) is 24.8 Å². The number of nitrogens with zero attached hydrogens (tertiary/aromatic N) is 7. The van der Waals surface area contributed by atoms with Crippen LogP contribution in [0.1, 0.15) is 36.3 Å². The van der Waals surface area contributed by atoms with Crippen molar-refractivity contribution in [1.29, 1.82) is 21.0 Å². The van der Waals surface area contributed by atoms with E-state index in [0.29, 0.717) is 11.1 Å². The van der Waals surface area contributed by atoms with Crippen LogP contribution in [-0.2, 0) is 0 Å². The van der Waals surface area contributed by atoms with Gasteiger partial charge < -0.3 is 0 Å². The number of hydrogen-bond donors (Lipinski definition) is 0. The van der Waals surface area contributed by atoms with E-state index in [-0.39, 0.29) is 6.42 Å². The third-order valence-electron chi connectivity index (χ3n) is 6.22. The molecule has 0 aromatic carbocycles. The van der Waals surface area contributed by atoms with Crippen molar-refractivity contribution in [2.24, 2.45) is 16.7 Å². The fourth-order valence-electron chi connectivity index (χ4n) is 5.06. The van der Waals surface area contributed by atoms with E-state index in [9.17, 15) is 31.2 Å². The number of hydrogen-bond acceptors (Lipinski definition) is 8. The van der Waals surface area contributed by atoms with Crippen LogP contribution in [0.25, 0.3) is 0 Å². The monoisotopic (exact) mass is 411 g/mol. The third kappa shape index (κ3) is 2.96. The molecule has 0 aliphatic heterocycles. The number of rotatable bonds is 4. The van der Waals surface area contributed by atoms with Crippen LogP contribution in [0.3, 0.4) is 0 Å². The van der Waals surface area contributed by atoms with Gasteiger partial charge in [0.25, 0.3) is 0 Å². The average molecular weight is 411 g/mol. The Bertz CT molecular complexity index is 1110. The number of aromatic nitrogens is 2. The molecule has 9 heteroatoms. The Labute approximate surface area is 179 Å². The molecule has 0 N–H and O–H groups in total. The van der Waals surface area contributed by atoms with Crippen molar-refractivity contribution in [2.45, 2.75) is 31.2 Å². The van der Waals surface area contributed by atoms with Crippen LogP contribution >= 0.6 is 0 Å². The Morgan fingerprint density at radius 2 is 1.48 bits per heavy atom. The van der Waals surface area contributed by atoms with E-state index >= 15 is 0 Å². The highest BCUT2D eigenvalue weighted by Crippen LogP contribution is 2.64. The summed E-state index contributed by atoms with van der Waals surface area (Å²) in [7, 11) is 0. The van der Waals surface area contributed by atoms with Gasteiger partial charge in [-0.3, -0.25) is 20.1 Å². The molecule has 9 nitrogen and oxygen atoms in total. The van der Waals surface area contributed by atoms with Crippen LogP contribution in [0.15, 0.2) is 49.1 Å².